The molecule has 0 saturated heterocycles. The number of hydrogen-bond donors (Lipinski definition) is 4. The first-order valence-electron chi connectivity index (χ1n) is 4.83. The van der Waals surface area contributed by atoms with Crippen molar-refractivity contribution in [1.29, 1.82) is 0 Å². The van der Waals surface area contributed by atoms with Crippen LogP contribution in [0.25, 0.3) is 0 Å². The highest BCUT2D eigenvalue weighted by Gasteiger charge is 2.12. The molecule has 0 bridgehead atoms. The monoisotopic (exact) mass is 253 g/mol. The summed E-state index contributed by atoms with van der Waals surface area (Å²) in [7, 11) is 0. The predicted molar refractivity (Wildman–Crippen MR) is 63.2 cm³/mol. The molecule has 1 aromatic rings. The fourth-order valence-corrected chi connectivity index (χ4v) is 1.15. The van der Waals surface area contributed by atoms with E-state index in [9.17, 15) is 19.2 Å². The van der Waals surface area contributed by atoms with Crippen molar-refractivity contribution in [2.45, 2.75) is 13.8 Å². The Morgan fingerprint density at radius 1 is 1.22 bits per heavy atom. The molecule has 0 radical (unpaired) electrons. The van der Waals surface area contributed by atoms with E-state index in [1.807, 2.05) is 0 Å². The van der Waals surface area contributed by atoms with Gasteiger partial charge in [0, 0.05) is 13.8 Å². The number of anilines is 3. The van der Waals surface area contributed by atoms with Gasteiger partial charge in [0.05, 0.1) is 0 Å². The molecule has 1 aromatic heterocycles. The Morgan fingerprint density at radius 2 is 1.83 bits per heavy atom. The van der Waals surface area contributed by atoms with Crippen LogP contribution in [0.1, 0.15) is 13.8 Å². The minimum atomic E-state index is -0.704. The van der Waals surface area contributed by atoms with Gasteiger partial charge in [-0.2, -0.15) is 4.98 Å². The van der Waals surface area contributed by atoms with Crippen LogP contribution >= 0.6 is 0 Å². The third-order valence-corrected chi connectivity index (χ3v) is 1.71. The predicted octanol–water partition coefficient (Wildman–Crippen LogP) is -0.745. The SMILES string of the molecule is CC(=O)Nc1nc(NC(C)=O)c(NC=O)c(=O)[nH]1. The largest absolute Gasteiger partial charge is 0.321 e. The van der Waals surface area contributed by atoms with Crippen LogP contribution in [0, 0.1) is 0 Å². The fraction of sp³-hybridized carbons (Fsp3) is 0.222. The summed E-state index contributed by atoms with van der Waals surface area (Å²) in [4.78, 5) is 49.8. The highest BCUT2D eigenvalue weighted by atomic mass is 16.2. The number of nitrogens with zero attached hydrogens (tertiary/aromatic N) is 1. The van der Waals surface area contributed by atoms with Crippen molar-refractivity contribution in [3.05, 3.63) is 10.4 Å². The van der Waals surface area contributed by atoms with Crippen molar-refractivity contribution in [2.24, 2.45) is 0 Å². The molecule has 0 atom stereocenters. The van der Waals surface area contributed by atoms with Crippen LogP contribution in [0.5, 0.6) is 0 Å². The summed E-state index contributed by atoms with van der Waals surface area (Å²) in [5.41, 5.74) is -0.918. The first kappa shape index (κ1) is 13.4. The third kappa shape index (κ3) is 3.40. The van der Waals surface area contributed by atoms with Gasteiger partial charge in [0.15, 0.2) is 11.5 Å². The van der Waals surface area contributed by atoms with E-state index in [1.165, 1.54) is 13.8 Å². The Morgan fingerprint density at radius 3 is 2.33 bits per heavy atom. The van der Waals surface area contributed by atoms with Crippen LogP contribution in [-0.2, 0) is 14.4 Å². The van der Waals surface area contributed by atoms with Crippen molar-refractivity contribution >= 4 is 35.7 Å². The quantitative estimate of drug-likeness (QED) is 0.524. The van der Waals surface area contributed by atoms with Gasteiger partial charge in [-0.15, -0.1) is 0 Å². The normalized spacial score (nSPS) is 9.44. The minimum Gasteiger partial charge on any atom is -0.321 e. The number of nitrogens with one attached hydrogen (secondary N) is 4. The van der Waals surface area contributed by atoms with Gasteiger partial charge in [-0.25, -0.2) is 0 Å². The van der Waals surface area contributed by atoms with E-state index >= 15 is 0 Å². The van der Waals surface area contributed by atoms with Crippen molar-refractivity contribution in [3.8, 4) is 0 Å². The fourth-order valence-electron chi connectivity index (χ4n) is 1.15. The summed E-state index contributed by atoms with van der Waals surface area (Å²) in [6.07, 6.45) is 0.273. The molecule has 0 aliphatic heterocycles. The zero-order chi connectivity index (χ0) is 13.7. The Labute approximate surface area is 101 Å². The minimum absolute atomic E-state index is 0.132. The summed E-state index contributed by atoms with van der Waals surface area (Å²) in [5, 5.41) is 6.64. The Balaban J connectivity index is 3.26. The van der Waals surface area contributed by atoms with Gasteiger partial charge < -0.3 is 10.6 Å². The van der Waals surface area contributed by atoms with Crippen LogP contribution in [-0.4, -0.2) is 28.2 Å². The molecule has 0 aliphatic carbocycles. The lowest BCUT2D eigenvalue weighted by atomic mass is 10.4. The van der Waals surface area contributed by atoms with Gasteiger partial charge in [0.2, 0.25) is 24.2 Å². The summed E-state index contributed by atoms with van der Waals surface area (Å²) < 4.78 is 0. The maximum absolute atomic E-state index is 11.6. The summed E-state index contributed by atoms with van der Waals surface area (Å²) in [6.45, 7) is 2.45. The maximum atomic E-state index is 11.6. The second-order valence-corrected chi connectivity index (χ2v) is 3.26. The molecular weight excluding hydrogens is 242 g/mol. The highest BCUT2D eigenvalue weighted by molar-refractivity contribution is 5.93. The zero-order valence-electron chi connectivity index (χ0n) is 9.66. The summed E-state index contributed by atoms with van der Waals surface area (Å²) >= 11 is 0. The molecular formula is C9H11N5O4. The number of H-pyrrole nitrogens is 1. The van der Waals surface area contributed by atoms with Gasteiger partial charge in [0.1, 0.15) is 0 Å². The van der Waals surface area contributed by atoms with Crippen LogP contribution in [0.15, 0.2) is 4.79 Å². The number of hydrogen-bond acceptors (Lipinski definition) is 5. The Kier molecular flexibility index (Phi) is 4.13. The van der Waals surface area contributed by atoms with Crippen molar-refractivity contribution in [1.82, 2.24) is 9.97 Å². The Bertz CT molecular complexity index is 550. The van der Waals surface area contributed by atoms with Crippen LogP contribution in [0.2, 0.25) is 0 Å². The summed E-state index contributed by atoms with van der Waals surface area (Å²) in [6, 6.07) is 0. The lowest BCUT2D eigenvalue weighted by molar-refractivity contribution is -0.115. The second-order valence-electron chi connectivity index (χ2n) is 3.26. The molecule has 9 nitrogen and oxygen atoms in total. The molecule has 0 fully saturated rings. The first-order valence-corrected chi connectivity index (χ1v) is 4.83. The highest BCUT2D eigenvalue weighted by Crippen LogP contribution is 2.14. The van der Waals surface area contributed by atoms with Crippen molar-refractivity contribution in [2.75, 3.05) is 16.0 Å². The average molecular weight is 253 g/mol. The first-order chi connectivity index (χ1) is 8.43. The molecule has 0 saturated carbocycles. The van der Waals surface area contributed by atoms with Gasteiger partial charge in [-0.1, -0.05) is 0 Å². The molecule has 9 heteroatoms. The molecule has 4 N–H and O–H groups in total. The van der Waals surface area contributed by atoms with E-state index < -0.39 is 17.4 Å². The summed E-state index contributed by atoms with van der Waals surface area (Å²) in [5.74, 6) is -1.20. The van der Waals surface area contributed by atoms with E-state index in [0.717, 1.165) is 0 Å². The number of carbonyl (C=O) groups is 3. The molecule has 0 aromatic carbocycles. The lowest BCUT2D eigenvalue weighted by Gasteiger charge is -2.09. The van der Waals surface area contributed by atoms with Crippen LogP contribution in [0.3, 0.4) is 0 Å². The van der Waals surface area contributed by atoms with E-state index in [-0.39, 0.29) is 23.9 Å². The molecule has 1 heterocycles. The van der Waals surface area contributed by atoms with Gasteiger partial charge in [0.25, 0.3) is 5.56 Å². The van der Waals surface area contributed by atoms with Crippen molar-refractivity contribution in [3.63, 3.8) is 0 Å². The third-order valence-electron chi connectivity index (χ3n) is 1.71. The van der Waals surface area contributed by atoms with Crippen molar-refractivity contribution < 1.29 is 14.4 Å². The lowest BCUT2D eigenvalue weighted by Crippen LogP contribution is -2.22. The van der Waals surface area contributed by atoms with Crippen LogP contribution in [0.4, 0.5) is 17.5 Å². The molecule has 3 amide bonds. The van der Waals surface area contributed by atoms with E-state index in [2.05, 4.69) is 25.9 Å². The zero-order valence-corrected chi connectivity index (χ0v) is 9.66. The van der Waals surface area contributed by atoms with E-state index in [4.69, 9.17) is 0 Å². The molecule has 0 unspecified atom stereocenters. The topological polar surface area (TPSA) is 133 Å². The molecule has 1 rings (SSSR count). The van der Waals surface area contributed by atoms with E-state index in [0.29, 0.717) is 0 Å². The van der Waals surface area contributed by atoms with E-state index in [1.54, 1.807) is 0 Å². The number of amides is 3. The molecule has 18 heavy (non-hydrogen) atoms. The molecule has 96 valence electrons. The smallest absolute Gasteiger partial charge is 0.278 e. The number of carbonyl (C=O) groups excluding carboxylic acids is 3. The Hall–Kier alpha value is -2.71. The molecule has 0 aliphatic rings. The second kappa shape index (κ2) is 5.57. The van der Waals surface area contributed by atoms with Gasteiger partial charge in [-0.05, 0) is 0 Å². The maximum Gasteiger partial charge on any atom is 0.278 e. The number of aromatic nitrogens is 2. The van der Waals surface area contributed by atoms with Gasteiger partial charge in [-0.3, -0.25) is 29.5 Å². The van der Waals surface area contributed by atoms with Gasteiger partial charge >= 0.3 is 0 Å². The number of aromatic amines is 1. The average Bonchev–Trinajstić information content (AvgIpc) is 2.21. The standard InChI is InChI=1S/C9H11N5O4/c1-4(16)11-7-6(10-3-15)8(18)14-9(13-7)12-5(2)17/h3H,1-2H3,(H,10,15)(H3,11,12,13,14,16,17,18). The molecule has 0 spiro atoms. The van der Waals surface area contributed by atoms with Crippen LogP contribution < -0.4 is 21.5 Å². The number of rotatable bonds is 4.